The van der Waals surface area contributed by atoms with Gasteiger partial charge in [-0.15, -0.1) is 0 Å². The molecule has 3 nitrogen and oxygen atoms in total. The molecule has 1 aromatic heterocycles. The summed E-state index contributed by atoms with van der Waals surface area (Å²) in [6, 6.07) is 0.0779. The van der Waals surface area contributed by atoms with Crippen LogP contribution in [0.25, 0.3) is 0 Å². The predicted molar refractivity (Wildman–Crippen MR) is 58.1 cm³/mol. The monoisotopic (exact) mass is 265 g/mol. The number of nitrogens with zero attached hydrogens (tertiary/aromatic N) is 3. The molecule has 94 valence electrons. The summed E-state index contributed by atoms with van der Waals surface area (Å²) in [5, 5.41) is -0.167. The highest BCUT2D eigenvalue weighted by atomic mass is 35.5. The highest BCUT2D eigenvalue weighted by molar-refractivity contribution is 6.28. The Bertz CT molecular complexity index is 427. The van der Waals surface area contributed by atoms with Crippen LogP contribution < -0.4 is 4.90 Å². The van der Waals surface area contributed by atoms with Gasteiger partial charge in [0.25, 0.3) is 0 Å². The van der Waals surface area contributed by atoms with Gasteiger partial charge < -0.3 is 4.90 Å². The van der Waals surface area contributed by atoms with Crippen molar-refractivity contribution in [3.63, 3.8) is 0 Å². The Kier molecular flexibility index (Phi) is 2.93. The van der Waals surface area contributed by atoms with E-state index in [2.05, 4.69) is 9.97 Å². The second kappa shape index (κ2) is 4.01. The van der Waals surface area contributed by atoms with Gasteiger partial charge in [-0.2, -0.15) is 18.2 Å². The quantitative estimate of drug-likeness (QED) is 0.731. The van der Waals surface area contributed by atoms with E-state index in [0.717, 1.165) is 12.6 Å². The molecule has 1 aliphatic heterocycles. The molecule has 0 spiro atoms. The maximum absolute atomic E-state index is 12.8. The minimum absolute atomic E-state index is 0.0390. The number of anilines is 1. The van der Waals surface area contributed by atoms with Crippen LogP contribution in [0.1, 0.15) is 25.8 Å². The fourth-order valence-electron chi connectivity index (χ4n) is 2.18. The molecule has 1 fully saturated rings. The van der Waals surface area contributed by atoms with E-state index in [9.17, 15) is 13.2 Å². The molecule has 0 bridgehead atoms. The Morgan fingerprint density at radius 2 is 1.94 bits per heavy atom. The summed E-state index contributed by atoms with van der Waals surface area (Å²) in [4.78, 5) is 8.75. The third-order valence-electron chi connectivity index (χ3n) is 2.92. The summed E-state index contributed by atoms with van der Waals surface area (Å²) in [6.45, 7) is 3.71. The van der Waals surface area contributed by atoms with Crippen molar-refractivity contribution in [1.82, 2.24) is 9.97 Å². The van der Waals surface area contributed by atoms with Crippen molar-refractivity contribution >= 4 is 17.4 Å². The van der Waals surface area contributed by atoms with Crippen molar-refractivity contribution < 1.29 is 13.2 Å². The number of hydrogen-bond donors (Lipinski definition) is 0. The molecule has 17 heavy (non-hydrogen) atoms. The molecule has 0 aliphatic carbocycles. The Labute approximate surface area is 102 Å². The lowest BCUT2D eigenvalue weighted by Crippen LogP contribution is -2.54. The van der Waals surface area contributed by atoms with Gasteiger partial charge in [0, 0.05) is 18.3 Å². The zero-order chi connectivity index (χ0) is 12.8. The molecule has 1 saturated heterocycles. The van der Waals surface area contributed by atoms with Crippen molar-refractivity contribution in [2.75, 3.05) is 4.90 Å². The summed E-state index contributed by atoms with van der Waals surface area (Å²) in [7, 11) is 0. The van der Waals surface area contributed by atoms with Crippen LogP contribution >= 0.6 is 11.6 Å². The van der Waals surface area contributed by atoms with Gasteiger partial charge in [0.15, 0.2) is 0 Å². The first kappa shape index (κ1) is 12.4. The first-order valence-electron chi connectivity index (χ1n) is 5.18. The maximum Gasteiger partial charge on any atom is 0.421 e. The second-order valence-electron chi connectivity index (χ2n) is 4.22. The average Bonchev–Trinajstić information content (AvgIpc) is 2.15. The Hall–Kier alpha value is -1.04. The van der Waals surface area contributed by atoms with Gasteiger partial charge in [0.05, 0.1) is 0 Å². The molecule has 2 heterocycles. The topological polar surface area (TPSA) is 29.0 Å². The van der Waals surface area contributed by atoms with Gasteiger partial charge in [-0.3, -0.25) is 0 Å². The summed E-state index contributed by atoms with van der Waals surface area (Å²) in [5.41, 5.74) is -0.833. The first-order chi connectivity index (χ1) is 7.80. The highest BCUT2D eigenvalue weighted by Gasteiger charge is 2.41. The van der Waals surface area contributed by atoms with Crippen LogP contribution in [-0.2, 0) is 6.18 Å². The SMILES string of the molecule is C[C@@H]1C[C@H](C)N1c1nc(Cl)ncc1C(F)(F)F. The fraction of sp³-hybridized carbons (Fsp3) is 0.600. The molecule has 0 N–H and O–H groups in total. The standard InChI is InChI=1S/C10H11ClF3N3/c1-5-3-6(2)17(5)8-7(10(12,13)14)4-15-9(11)16-8/h4-6H,3H2,1-2H3/t5-,6+. The minimum Gasteiger partial charge on any atom is -0.350 e. The molecular formula is C10H11ClF3N3. The van der Waals surface area contributed by atoms with Crippen molar-refractivity contribution in [2.45, 2.75) is 38.5 Å². The van der Waals surface area contributed by atoms with Gasteiger partial charge in [0.2, 0.25) is 5.28 Å². The van der Waals surface area contributed by atoms with Crippen LogP contribution in [0.2, 0.25) is 5.28 Å². The third kappa shape index (κ3) is 2.18. The van der Waals surface area contributed by atoms with Crippen molar-refractivity contribution in [3.8, 4) is 0 Å². The molecule has 0 amide bonds. The summed E-state index contributed by atoms with van der Waals surface area (Å²) < 4.78 is 38.4. The van der Waals surface area contributed by atoms with Gasteiger partial charge in [-0.25, -0.2) is 4.98 Å². The molecule has 1 aliphatic rings. The molecule has 1 aromatic rings. The molecule has 7 heteroatoms. The smallest absolute Gasteiger partial charge is 0.350 e. The Morgan fingerprint density at radius 1 is 1.35 bits per heavy atom. The number of hydrogen-bond acceptors (Lipinski definition) is 3. The normalized spacial score (nSPS) is 24.7. The lowest BCUT2D eigenvalue weighted by Gasteiger charge is -2.47. The van der Waals surface area contributed by atoms with Crippen LogP contribution in [0.5, 0.6) is 0 Å². The van der Waals surface area contributed by atoms with Gasteiger partial charge in [-0.05, 0) is 31.9 Å². The van der Waals surface area contributed by atoms with E-state index in [-0.39, 0.29) is 23.2 Å². The maximum atomic E-state index is 12.8. The molecule has 0 unspecified atom stereocenters. The zero-order valence-corrected chi connectivity index (χ0v) is 10.0. The first-order valence-corrected chi connectivity index (χ1v) is 5.56. The summed E-state index contributed by atoms with van der Waals surface area (Å²) in [5.74, 6) is -0.122. The number of aromatic nitrogens is 2. The number of halogens is 4. The van der Waals surface area contributed by atoms with Crippen LogP contribution in [0.15, 0.2) is 6.20 Å². The molecule has 2 atom stereocenters. The average molecular weight is 266 g/mol. The van der Waals surface area contributed by atoms with Gasteiger partial charge >= 0.3 is 6.18 Å². The number of rotatable bonds is 1. The largest absolute Gasteiger partial charge is 0.421 e. The van der Waals surface area contributed by atoms with E-state index in [4.69, 9.17) is 11.6 Å². The predicted octanol–water partition coefficient (Wildman–Crippen LogP) is 3.14. The van der Waals surface area contributed by atoms with Crippen LogP contribution in [0, 0.1) is 0 Å². The lowest BCUT2D eigenvalue weighted by atomic mass is 9.95. The van der Waals surface area contributed by atoms with E-state index < -0.39 is 11.7 Å². The summed E-state index contributed by atoms with van der Waals surface area (Å²) in [6.07, 6.45) is -2.88. The van der Waals surface area contributed by atoms with Crippen LogP contribution in [0.4, 0.5) is 19.0 Å². The van der Waals surface area contributed by atoms with E-state index in [0.29, 0.717) is 0 Å². The molecule has 0 aromatic carbocycles. The summed E-state index contributed by atoms with van der Waals surface area (Å²) >= 11 is 5.57. The van der Waals surface area contributed by atoms with Gasteiger partial charge in [0.1, 0.15) is 11.4 Å². The van der Waals surface area contributed by atoms with Crippen molar-refractivity contribution in [1.29, 1.82) is 0 Å². The van der Waals surface area contributed by atoms with E-state index in [1.54, 1.807) is 4.90 Å². The van der Waals surface area contributed by atoms with Crippen LogP contribution in [-0.4, -0.2) is 22.1 Å². The molecular weight excluding hydrogens is 255 g/mol. The molecule has 2 rings (SSSR count). The third-order valence-corrected chi connectivity index (χ3v) is 3.10. The minimum atomic E-state index is -4.46. The van der Waals surface area contributed by atoms with Crippen molar-refractivity contribution in [3.05, 3.63) is 17.0 Å². The lowest BCUT2D eigenvalue weighted by molar-refractivity contribution is -0.137. The van der Waals surface area contributed by atoms with Gasteiger partial charge in [-0.1, -0.05) is 0 Å². The van der Waals surface area contributed by atoms with E-state index in [1.165, 1.54) is 0 Å². The number of alkyl halides is 3. The molecule has 0 radical (unpaired) electrons. The molecule has 0 saturated carbocycles. The fourth-order valence-corrected chi connectivity index (χ4v) is 2.31. The Balaban J connectivity index is 2.47. The zero-order valence-electron chi connectivity index (χ0n) is 9.29. The Morgan fingerprint density at radius 3 is 2.41 bits per heavy atom. The van der Waals surface area contributed by atoms with E-state index in [1.807, 2.05) is 13.8 Å². The van der Waals surface area contributed by atoms with E-state index >= 15 is 0 Å². The van der Waals surface area contributed by atoms with Crippen molar-refractivity contribution in [2.24, 2.45) is 0 Å². The second-order valence-corrected chi connectivity index (χ2v) is 4.55. The van der Waals surface area contributed by atoms with Crippen LogP contribution in [0.3, 0.4) is 0 Å². The highest BCUT2D eigenvalue weighted by Crippen LogP contribution is 2.40.